The summed E-state index contributed by atoms with van der Waals surface area (Å²) in [6.07, 6.45) is 4.13. The van der Waals surface area contributed by atoms with Crippen molar-refractivity contribution >= 4 is 70.3 Å². The minimum atomic E-state index is 0.953. The molecular formula is C49H30N2. The van der Waals surface area contributed by atoms with Crippen LogP contribution in [0.3, 0.4) is 0 Å². The van der Waals surface area contributed by atoms with E-state index >= 15 is 0 Å². The van der Waals surface area contributed by atoms with Gasteiger partial charge in [-0.2, -0.15) is 0 Å². The summed E-state index contributed by atoms with van der Waals surface area (Å²) in [5.41, 5.74) is 7.91. The van der Waals surface area contributed by atoms with Crippen molar-refractivity contribution in [3.8, 4) is 33.5 Å². The van der Waals surface area contributed by atoms with Crippen LogP contribution in [0.4, 0.5) is 0 Å². The largest absolute Gasteiger partial charge is 0.306 e. The fraction of sp³-hybridized carbons (Fsp3) is 0. The highest BCUT2D eigenvalue weighted by molar-refractivity contribution is 6.33. The van der Waals surface area contributed by atoms with Gasteiger partial charge in [-0.3, -0.25) is 0 Å². The Morgan fingerprint density at radius 3 is 1.55 bits per heavy atom. The molecule has 2 aromatic heterocycles. The number of imidazole rings is 1. The average Bonchev–Trinajstić information content (AvgIpc) is 3.64. The molecular weight excluding hydrogens is 617 g/mol. The van der Waals surface area contributed by atoms with Gasteiger partial charge < -0.3 is 4.40 Å². The van der Waals surface area contributed by atoms with Crippen LogP contribution in [0.15, 0.2) is 182 Å². The van der Waals surface area contributed by atoms with Crippen LogP contribution in [0, 0.1) is 0 Å². The van der Waals surface area contributed by atoms with Gasteiger partial charge in [0.2, 0.25) is 0 Å². The van der Waals surface area contributed by atoms with Crippen LogP contribution in [0.2, 0.25) is 0 Å². The molecule has 0 aliphatic heterocycles. The van der Waals surface area contributed by atoms with Crippen molar-refractivity contribution in [2.75, 3.05) is 0 Å². The van der Waals surface area contributed by atoms with Gasteiger partial charge in [-0.1, -0.05) is 152 Å². The summed E-state index contributed by atoms with van der Waals surface area (Å²) in [6, 6.07) is 62.4. The molecule has 9 aromatic carbocycles. The number of fused-ring (bicyclic) bond motifs is 7. The van der Waals surface area contributed by atoms with E-state index in [-0.39, 0.29) is 0 Å². The molecule has 0 atom stereocenters. The van der Waals surface area contributed by atoms with E-state index < -0.39 is 0 Å². The van der Waals surface area contributed by atoms with E-state index in [1.807, 2.05) is 24.4 Å². The molecule has 2 nitrogen and oxygen atoms in total. The molecule has 236 valence electrons. The lowest BCUT2D eigenvalue weighted by Crippen LogP contribution is -1.88. The van der Waals surface area contributed by atoms with Crippen molar-refractivity contribution < 1.29 is 0 Å². The number of hydrogen-bond acceptors (Lipinski definition) is 1. The number of hydrogen-bond donors (Lipinski definition) is 0. The van der Waals surface area contributed by atoms with Crippen LogP contribution in [-0.4, -0.2) is 9.38 Å². The first-order valence-corrected chi connectivity index (χ1v) is 17.5. The zero-order valence-electron chi connectivity index (χ0n) is 27.7. The van der Waals surface area contributed by atoms with E-state index in [2.05, 4.69) is 162 Å². The van der Waals surface area contributed by atoms with E-state index in [4.69, 9.17) is 4.98 Å². The fourth-order valence-electron chi connectivity index (χ4n) is 8.42. The lowest BCUT2D eigenvalue weighted by Gasteiger charge is -2.15. The van der Waals surface area contributed by atoms with Crippen molar-refractivity contribution in [3.05, 3.63) is 182 Å². The van der Waals surface area contributed by atoms with Gasteiger partial charge >= 0.3 is 0 Å². The Labute approximate surface area is 294 Å². The molecule has 0 saturated heterocycles. The third-order valence-electron chi connectivity index (χ3n) is 10.8. The Bertz CT molecular complexity index is 3150. The van der Waals surface area contributed by atoms with Gasteiger partial charge in [0.25, 0.3) is 0 Å². The van der Waals surface area contributed by atoms with Gasteiger partial charge in [0.15, 0.2) is 0 Å². The van der Waals surface area contributed by atoms with Crippen LogP contribution in [0.25, 0.3) is 104 Å². The molecule has 2 heteroatoms. The molecule has 0 aliphatic rings. The molecule has 51 heavy (non-hydrogen) atoms. The number of nitrogens with zero attached hydrogens (tertiary/aromatic N) is 2. The average molecular weight is 647 g/mol. The minimum absolute atomic E-state index is 0.953. The normalized spacial score (nSPS) is 11.9. The summed E-state index contributed by atoms with van der Waals surface area (Å²) in [4.78, 5) is 4.83. The Morgan fingerprint density at radius 2 is 0.882 bits per heavy atom. The molecule has 0 amide bonds. The predicted octanol–water partition coefficient (Wildman–Crippen LogP) is 13.3. The highest BCUT2D eigenvalue weighted by atomic mass is 15.0. The summed E-state index contributed by atoms with van der Waals surface area (Å²) in [6.45, 7) is 0. The lowest BCUT2D eigenvalue weighted by atomic mass is 9.88. The molecule has 0 unspecified atom stereocenters. The van der Waals surface area contributed by atoms with Gasteiger partial charge in [0.1, 0.15) is 5.65 Å². The standard InChI is InChI=1S/C49H30N2/c1-2-12-39-37(27-26-36(38(39)11-1)31-18-20-32(21-19-31)46-30-51-28-6-5-17-47(51)50-46)35-24-25-42-44-16-8-10-34-23-22-33-9-7-15-43(48(33)49(34)44)40-13-3-4-14-41(40)45(42)29-35/h1-30H. The van der Waals surface area contributed by atoms with E-state index in [0.717, 1.165) is 16.9 Å². The molecule has 0 saturated carbocycles. The molecule has 11 aromatic rings. The number of pyridine rings is 1. The Hall–Kier alpha value is -6.77. The SMILES string of the molecule is c1ccc2c(-c3ccc4c(c3)c3ccccc3c3cccc5ccc6cccc4c6c53)ccc(-c3ccc(-c4cn5ccccc5n4)cc3)c2c1. The lowest BCUT2D eigenvalue weighted by molar-refractivity contribution is 1.19. The predicted molar refractivity (Wildman–Crippen MR) is 217 cm³/mol. The third-order valence-corrected chi connectivity index (χ3v) is 10.8. The molecule has 0 bridgehead atoms. The summed E-state index contributed by atoms with van der Waals surface area (Å²) in [5, 5.41) is 15.3. The third kappa shape index (κ3) is 4.27. The smallest absolute Gasteiger partial charge is 0.137 e. The van der Waals surface area contributed by atoms with Gasteiger partial charge in [-0.05, 0) is 105 Å². The maximum absolute atomic E-state index is 4.83. The molecule has 0 fully saturated rings. The monoisotopic (exact) mass is 646 g/mol. The second kappa shape index (κ2) is 10.9. The zero-order valence-corrected chi connectivity index (χ0v) is 27.7. The molecule has 2 heterocycles. The minimum Gasteiger partial charge on any atom is -0.306 e. The molecule has 0 radical (unpaired) electrons. The molecule has 0 N–H and O–H groups in total. The van der Waals surface area contributed by atoms with Crippen molar-refractivity contribution in [2.24, 2.45) is 0 Å². The number of rotatable bonds is 3. The van der Waals surface area contributed by atoms with E-state index in [1.54, 1.807) is 0 Å². The van der Waals surface area contributed by atoms with Crippen molar-refractivity contribution in [1.82, 2.24) is 9.38 Å². The molecule has 0 spiro atoms. The Morgan fingerprint density at radius 1 is 0.353 bits per heavy atom. The van der Waals surface area contributed by atoms with Crippen LogP contribution < -0.4 is 0 Å². The van der Waals surface area contributed by atoms with Crippen molar-refractivity contribution in [2.45, 2.75) is 0 Å². The number of benzene rings is 8. The summed E-state index contributed by atoms with van der Waals surface area (Å²) in [5.74, 6) is 0. The van der Waals surface area contributed by atoms with E-state index in [0.29, 0.717) is 0 Å². The summed E-state index contributed by atoms with van der Waals surface area (Å²) < 4.78 is 2.07. The molecule has 0 aliphatic carbocycles. The fourth-order valence-corrected chi connectivity index (χ4v) is 8.42. The zero-order chi connectivity index (χ0) is 33.5. The van der Waals surface area contributed by atoms with Gasteiger partial charge in [0, 0.05) is 18.0 Å². The maximum atomic E-state index is 4.83. The van der Waals surface area contributed by atoms with Gasteiger partial charge in [-0.15, -0.1) is 0 Å². The topological polar surface area (TPSA) is 17.3 Å². The van der Waals surface area contributed by atoms with Gasteiger partial charge in [0.05, 0.1) is 5.69 Å². The van der Waals surface area contributed by atoms with Crippen LogP contribution in [-0.2, 0) is 0 Å². The van der Waals surface area contributed by atoms with E-state index in [1.165, 1.54) is 86.9 Å². The summed E-state index contributed by atoms with van der Waals surface area (Å²) >= 11 is 0. The van der Waals surface area contributed by atoms with E-state index in [9.17, 15) is 0 Å². The van der Waals surface area contributed by atoms with Crippen LogP contribution in [0.1, 0.15) is 0 Å². The van der Waals surface area contributed by atoms with Crippen molar-refractivity contribution in [3.63, 3.8) is 0 Å². The Kier molecular flexibility index (Phi) is 5.99. The number of aromatic nitrogens is 2. The quantitative estimate of drug-likeness (QED) is 0.175. The second-order valence-electron chi connectivity index (χ2n) is 13.6. The van der Waals surface area contributed by atoms with Crippen molar-refractivity contribution in [1.29, 1.82) is 0 Å². The van der Waals surface area contributed by atoms with Gasteiger partial charge in [-0.25, -0.2) is 4.98 Å². The van der Waals surface area contributed by atoms with Crippen LogP contribution in [0.5, 0.6) is 0 Å². The first-order valence-electron chi connectivity index (χ1n) is 17.5. The molecule has 11 rings (SSSR count). The van der Waals surface area contributed by atoms with Crippen LogP contribution >= 0.6 is 0 Å². The second-order valence-corrected chi connectivity index (χ2v) is 13.6. The highest BCUT2D eigenvalue weighted by Crippen LogP contribution is 2.42. The summed E-state index contributed by atoms with van der Waals surface area (Å²) in [7, 11) is 0. The Balaban J connectivity index is 1.12. The first-order chi connectivity index (χ1) is 25.3. The highest BCUT2D eigenvalue weighted by Gasteiger charge is 2.15. The first kappa shape index (κ1) is 28.1. The maximum Gasteiger partial charge on any atom is 0.137 e.